The summed E-state index contributed by atoms with van der Waals surface area (Å²) >= 11 is 0. The Kier molecular flexibility index (Phi) is 4.85. The Balaban J connectivity index is 1.71. The molecule has 1 N–H and O–H groups in total. The summed E-state index contributed by atoms with van der Waals surface area (Å²) in [5.74, 6) is -1.96. The van der Waals surface area contributed by atoms with Crippen molar-refractivity contribution in [3.63, 3.8) is 0 Å². The van der Waals surface area contributed by atoms with Crippen LogP contribution in [-0.4, -0.2) is 31.1 Å². The van der Waals surface area contributed by atoms with E-state index in [1.54, 1.807) is 19.1 Å². The third-order valence-corrected chi connectivity index (χ3v) is 5.94. The van der Waals surface area contributed by atoms with E-state index in [-0.39, 0.29) is 23.6 Å². The van der Waals surface area contributed by atoms with Gasteiger partial charge in [0, 0.05) is 6.20 Å². The normalized spacial score (nSPS) is 17.9. The van der Waals surface area contributed by atoms with Crippen LogP contribution in [0.25, 0.3) is 11.4 Å². The highest BCUT2D eigenvalue weighted by Gasteiger charge is 2.46. The van der Waals surface area contributed by atoms with Crippen molar-refractivity contribution in [2.24, 2.45) is 0 Å². The van der Waals surface area contributed by atoms with Gasteiger partial charge in [0.15, 0.2) is 5.76 Å². The van der Waals surface area contributed by atoms with Gasteiger partial charge in [0.05, 0.1) is 30.1 Å². The minimum atomic E-state index is -0.930. The number of aliphatic hydroxyl groups excluding tert-OH is 1. The van der Waals surface area contributed by atoms with Crippen LogP contribution in [0.15, 0.2) is 71.0 Å². The number of hydrogen-bond acceptors (Lipinski definition) is 5. The van der Waals surface area contributed by atoms with Crippen LogP contribution in [0.2, 0.25) is 0 Å². The van der Waals surface area contributed by atoms with Crippen LogP contribution in [0.5, 0.6) is 0 Å². The Bertz CT molecular complexity index is 1420. The number of fused-ring (bicyclic) bond motifs is 1. The SMILES string of the molecule is Cc1cccn2c(C)c(/C(O)=C3\C(=O)C(=O)N(Cc4ccco4)C3c3ccc(F)cc3)nc12. The van der Waals surface area contributed by atoms with E-state index in [0.717, 1.165) is 5.56 Å². The number of amides is 1. The van der Waals surface area contributed by atoms with Crippen molar-refractivity contribution in [3.8, 4) is 0 Å². The van der Waals surface area contributed by atoms with E-state index in [9.17, 15) is 19.1 Å². The molecule has 0 spiro atoms. The number of ketones is 1. The van der Waals surface area contributed by atoms with Crippen LogP contribution in [0.4, 0.5) is 4.39 Å². The molecule has 8 heteroatoms. The van der Waals surface area contributed by atoms with Gasteiger partial charge in [-0.25, -0.2) is 9.37 Å². The molecule has 0 saturated carbocycles. The molecule has 1 saturated heterocycles. The fourth-order valence-electron chi connectivity index (χ4n) is 4.28. The molecular formula is C25H20FN3O4. The number of nitrogens with zero attached hydrogens (tertiary/aromatic N) is 3. The molecule has 33 heavy (non-hydrogen) atoms. The second-order valence-electron chi connectivity index (χ2n) is 7.99. The maximum atomic E-state index is 13.6. The number of carbonyl (C=O) groups excluding carboxylic acids is 2. The number of likely N-dealkylation sites (tertiary alicyclic amines) is 1. The number of furan rings is 1. The summed E-state index contributed by atoms with van der Waals surface area (Å²) in [5, 5.41) is 11.3. The van der Waals surface area contributed by atoms with Crippen molar-refractivity contribution in [1.29, 1.82) is 0 Å². The first-order chi connectivity index (χ1) is 15.9. The Labute approximate surface area is 188 Å². The van der Waals surface area contributed by atoms with Crippen molar-refractivity contribution < 1.29 is 23.5 Å². The van der Waals surface area contributed by atoms with Gasteiger partial charge in [0.2, 0.25) is 0 Å². The molecule has 4 heterocycles. The molecule has 0 bridgehead atoms. The summed E-state index contributed by atoms with van der Waals surface area (Å²) in [5.41, 5.74) is 2.77. The fourth-order valence-corrected chi connectivity index (χ4v) is 4.28. The summed E-state index contributed by atoms with van der Waals surface area (Å²) in [6, 6.07) is 11.7. The molecule has 5 rings (SSSR count). The lowest BCUT2D eigenvalue weighted by molar-refractivity contribution is -0.140. The molecule has 1 atom stereocenters. The molecule has 4 aromatic rings. The summed E-state index contributed by atoms with van der Waals surface area (Å²) in [6.07, 6.45) is 3.29. The lowest BCUT2D eigenvalue weighted by Crippen LogP contribution is -2.29. The lowest BCUT2D eigenvalue weighted by atomic mass is 9.96. The number of halogens is 1. The fraction of sp³-hybridized carbons (Fsp3) is 0.160. The van der Waals surface area contributed by atoms with Gasteiger partial charge in [0.1, 0.15) is 22.9 Å². The summed E-state index contributed by atoms with van der Waals surface area (Å²) in [7, 11) is 0. The zero-order chi connectivity index (χ0) is 23.3. The van der Waals surface area contributed by atoms with Crippen LogP contribution in [0.1, 0.15) is 34.3 Å². The summed E-state index contributed by atoms with van der Waals surface area (Å²) in [6.45, 7) is 3.69. The minimum Gasteiger partial charge on any atom is -0.505 e. The predicted molar refractivity (Wildman–Crippen MR) is 118 cm³/mol. The van der Waals surface area contributed by atoms with Gasteiger partial charge in [0.25, 0.3) is 11.7 Å². The number of rotatable bonds is 4. The Morgan fingerprint density at radius 1 is 1.12 bits per heavy atom. The quantitative estimate of drug-likeness (QED) is 0.287. The maximum Gasteiger partial charge on any atom is 0.296 e. The smallest absolute Gasteiger partial charge is 0.296 e. The summed E-state index contributed by atoms with van der Waals surface area (Å²) in [4.78, 5) is 32.1. The van der Waals surface area contributed by atoms with Crippen LogP contribution in [0, 0.1) is 19.7 Å². The number of aliphatic hydroxyl groups is 1. The zero-order valence-electron chi connectivity index (χ0n) is 17.9. The zero-order valence-corrected chi connectivity index (χ0v) is 17.9. The third kappa shape index (κ3) is 3.31. The molecule has 166 valence electrons. The Morgan fingerprint density at radius 3 is 2.55 bits per heavy atom. The van der Waals surface area contributed by atoms with Crippen molar-refractivity contribution in [2.75, 3.05) is 0 Å². The monoisotopic (exact) mass is 445 g/mol. The molecule has 1 aromatic carbocycles. The van der Waals surface area contributed by atoms with Crippen LogP contribution >= 0.6 is 0 Å². The Morgan fingerprint density at radius 2 is 1.88 bits per heavy atom. The molecule has 1 amide bonds. The number of hydrogen-bond donors (Lipinski definition) is 1. The van der Waals surface area contributed by atoms with Gasteiger partial charge in [-0.15, -0.1) is 0 Å². The van der Waals surface area contributed by atoms with E-state index < -0.39 is 23.5 Å². The molecule has 0 radical (unpaired) electrons. The topological polar surface area (TPSA) is 88.0 Å². The molecule has 0 aliphatic carbocycles. The minimum absolute atomic E-state index is 0.0135. The summed E-state index contributed by atoms with van der Waals surface area (Å²) < 4.78 is 20.8. The van der Waals surface area contributed by atoms with Gasteiger partial charge in [-0.1, -0.05) is 18.2 Å². The Hall–Kier alpha value is -4.20. The van der Waals surface area contributed by atoms with E-state index >= 15 is 0 Å². The largest absolute Gasteiger partial charge is 0.505 e. The molecule has 1 aliphatic heterocycles. The highest BCUT2D eigenvalue weighted by atomic mass is 19.1. The first kappa shape index (κ1) is 20.7. The highest BCUT2D eigenvalue weighted by Crippen LogP contribution is 2.40. The number of benzene rings is 1. The van der Waals surface area contributed by atoms with Gasteiger partial charge >= 0.3 is 0 Å². The second kappa shape index (κ2) is 7.74. The molecule has 1 fully saturated rings. The predicted octanol–water partition coefficient (Wildman–Crippen LogP) is 4.31. The van der Waals surface area contributed by atoms with Crippen molar-refractivity contribution >= 4 is 23.1 Å². The van der Waals surface area contributed by atoms with Gasteiger partial charge in [-0.3, -0.25) is 9.59 Å². The standard InChI is InChI=1S/C25H20FN3O4/c1-14-5-3-11-28-15(2)20(27-24(14)28)22(30)19-21(16-7-9-17(26)10-8-16)29(25(32)23(19)31)13-18-6-4-12-33-18/h3-12,21,30H,13H2,1-2H3/b22-19+. The van der Waals surface area contributed by atoms with Crippen molar-refractivity contribution in [2.45, 2.75) is 26.4 Å². The number of aromatic nitrogens is 2. The number of carbonyl (C=O) groups is 2. The van der Waals surface area contributed by atoms with Crippen molar-refractivity contribution in [1.82, 2.24) is 14.3 Å². The van der Waals surface area contributed by atoms with Gasteiger partial charge in [-0.2, -0.15) is 0 Å². The molecule has 1 unspecified atom stereocenters. The molecule has 7 nitrogen and oxygen atoms in total. The highest BCUT2D eigenvalue weighted by molar-refractivity contribution is 6.46. The number of imidazole rings is 1. The van der Waals surface area contributed by atoms with E-state index in [2.05, 4.69) is 4.98 Å². The molecular weight excluding hydrogens is 425 g/mol. The van der Waals surface area contributed by atoms with Crippen LogP contribution in [0.3, 0.4) is 0 Å². The van der Waals surface area contributed by atoms with E-state index in [1.165, 1.54) is 35.4 Å². The van der Waals surface area contributed by atoms with Gasteiger partial charge < -0.3 is 18.8 Å². The number of Topliss-reactive ketones (excluding diaryl/α,β-unsaturated/α-hetero) is 1. The number of aryl methyl sites for hydroxylation is 2. The van der Waals surface area contributed by atoms with Crippen molar-refractivity contribution in [3.05, 3.63) is 101 Å². The number of pyridine rings is 1. The van der Waals surface area contributed by atoms with E-state index in [4.69, 9.17) is 4.42 Å². The third-order valence-electron chi connectivity index (χ3n) is 5.94. The van der Waals surface area contributed by atoms with E-state index in [1.807, 2.05) is 29.7 Å². The molecule has 1 aliphatic rings. The lowest BCUT2D eigenvalue weighted by Gasteiger charge is -2.24. The maximum absolute atomic E-state index is 13.6. The van der Waals surface area contributed by atoms with Gasteiger partial charge in [-0.05, 0) is 55.3 Å². The average Bonchev–Trinajstić information content (AvgIpc) is 3.49. The van der Waals surface area contributed by atoms with Crippen LogP contribution in [-0.2, 0) is 16.1 Å². The second-order valence-corrected chi connectivity index (χ2v) is 7.99. The van der Waals surface area contributed by atoms with E-state index in [0.29, 0.717) is 22.7 Å². The first-order valence-corrected chi connectivity index (χ1v) is 10.4. The average molecular weight is 445 g/mol. The molecule has 3 aromatic heterocycles. The first-order valence-electron chi connectivity index (χ1n) is 10.4. The van der Waals surface area contributed by atoms with Crippen LogP contribution < -0.4 is 0 Å².